The maximum atomic E-state index is 14.2. The van der Waals surface area contributed by atoms with Crippen LogP contribution in [0.5, 0.6) is 5.75 Å². The van der Waals surface area contributed by atoms with E-state index >= 15 is 0 Å². The van der Waals surface area contributed by atoms with Crippen molar-refractivity contribution in [3.8, 4) is 16.9 Å². The van der Waals surface area contributed by atoms with Crippen molar-refractivity contribution in [3.63, 3.8) is 0 Å². The van der Waals surface area contributed by atoms with Crippen molar-refractivity contribution in [1.29, 1.82) is 0 Å². The third-order valence-electron chi connectivity index (χ3n) is 8.98. The van der Waals surface area contributed by atoms with Crippen LogP contribution < -0.4 is 10.1 Å². The first-order valence-electron chi connectivity index (χ1n) is 16.4. The van der Waals surface area contributed by atoms with Gasteiger partial charge in [-0.2, -0.15) is 0 Å². The predicted octanol–water partition coefficient (Wildman–Crippen LogP) is 9.06. The highest BCUT2D eigenvalue weighted by molar-refractivity contribution is 7.99. The minimum atomic E-state index is -2.34. The molecule has 0 radical (unpaired) electrons. The van der Waals surface area contributed by atoms with E-state index in [9.17, 15) is 31.9 Å². The summed E-state index contributed by atoms with van der Waals surface area (Å²) in [5.41, 5.74) is 2.86. The van der Waals surface area contributed by atoms with Gasteiger partial charge in [0.2, 0.25) is 5.82 Å². The maximum Gasteiger partial charge on any atom is 0.257 e. The molecule has 2 N–H and O–H groups in total. The van der Waals surface area contributed by atoms with E-state index in [1.54, 1.807) is 43.1 Å². The molecule has 4 atom stereocenters. The van der Waals surface area contributed by atoms with Crippen LogP contribution in [-0.2, 0) is 22.6 Å². The van der Waals surface area contributed by atoms with Gasteiger partial charge in [0.05, 0.1) is 25.9 Å². The molecule has 0 saturated carbocycles. The van der Waals surface area contributed by atoms with Crippen molar-refractivity contribution in [3.05, 3.63) is 154 Å². The Hall–Kier alpha value is -4.75. The summed E-state index contributed by atoms with van der Waals surface area (Å²) in [6.07, 6.45) is -1.28. The molecule has 0 spiro atoms. The van der Waals surface area contributed by atoms with E-state index in [2.05, 4.69) is 12.2 Å². The molecule has 1 aliphatic rings. The predicted molar refractivity (Wildman–Crippen MR) is 186 cm³/mol. The standard InChI is InChI=1S/C40H34F5NO5S/c1-22-30(21-52-31-10-6-5-9-29(31)49-2)50-40(51-38(22)25-13-11-23(20-47)12-14-25)26-17-15-24(16-18-26)28-8-4-3-7-27(28)19-46-39(48)32-33(41)35(43)37(45)36(44)34(32)42/h3-18,22,30,38,40,47H,19-21H2,1-2H3,(H,46,48)/t22-,30+,38+,40+/m0/s1. The molecule has 6 rings (SSSR count). The number of aliphatic hydroxyl groups is 1. The van der Waals surface area contributed by atoms with Crippen molar-refractivity contribution >= 4 is 17.7 Å². The van der Waals surface area contributed by atoms with E-state index in [4.69, 9.17) is 14.2 Å². The van der Waals surface area contributed by atoms with E-state index in [0.29, 0.717) is 16.9 Å². The SMILES string of the molecule is COc1ccccc1SC[C@H]1O[C@@H](c2ccc(-c3ccccc3CNC(=O)c3c(F)c(F)c(F)c(F)c3F)cc2)O[C@@H](c2ccc(CO)cc2)[C@H]1C. The van der Waals surface area contributed by atoms with E-state index in [-0.39, 0.29) is 31.3 Å². The first-order chi connectivity index (χ1) is 25.1. The van der Waals surface area contributed by atoms with Gasteiger partial charge in [0.1, 0.15) is 11.3 Å². The zero-order valence-corrected chi connectivity index (χ0v) is 28.9. The molecule has 0 unspecified atom stereocenters. The summed E-state index contributed by atoms with van der Waals surface area (Å²) in [4.78, 5) is 13.6. The zero-order chi connectivity index (χ0) is 36.9. The van der Waals surface area contributed by atoms with Gasteiger partial charge in [0.25, 0.3) is 5.91 Å². The fourth-order valence-corrected chi connectivity index (χ4v) is 7.26. The Morgan fingerprint density at radius 3 is 2.08 bits per heavy atom. The average molecular weight is 736 g/mol. The molecule has 6 nitrogen and oxygen atoms in total. The lowest BCUT2D eigenvalue weighted by molar-refractivity contribution is -0.268. The van der Waals surface area contributed by atoms with Crippen LogP contribution in [0.2, 0.25) is 0 Å². The molecule has 0 bridgehead atoms. The number of carbonyl (C=O) groups is 1. The second-order valence-corrected chi connectivity index (χ2v) is 13.3. The van der Waals surface area contributed by atoms with E-state index in [1.165, 1.54) is 0 Å². The lowest BCUT2D eigenvalue weighted by Gasteiger charge is -2.41. The normalized spacial score (nSPS) is 18.6. The Bertz CT molecular complexity index is 2020. The van der Waals surface area contributed by atoms with Gasteiger partial charge in [-0.15, -0.1) is 11.8 Å². The van der Waals surface area contributed by atoms with Crippen molar-refractivity contribution < 1.29 is 46.1 Å². The number of aliphatic hydroxyl groups excluding tert-OH is 1. The Balaban J connectivity index is 1.22. The number of nitrogens with one attached hydrogen (secondary N) is 1. The monoisotopic (exact) mass is 735 g/mol. The van der Waals surface area contributed by atoms with E-state index in [0.717, 1.165) is 32.9 Å². The minimum absolute atomic E-state index is 0.0374. The highest BCUT2D eigenvalue weighted by atomic mass is 32.2. The highest BCUT2D eigenvalue weighted by Crippen LogP contribution is 2.44. The van der Waals surface area contributed by atoms with Crippen LogP contribution in [0.25, 0.3) is 11.1 Å². The van der Waals surface area contributed by atoms with E-state index < -0.39 is 46.8 Å². The number of hydrogen-bond acceptors (Lipinski definition) is 6. The van der Waals surface area contributed by atoms with E-state index in [1.807, 2.05) is 72.8 Å². The van der Waals surface area contributed by atoms with Gasteiger partial charge in [0.15, 0.2) is 29.6 Å². The van der Waals surface area contributed by atoms with Crippen molar-refractivity contribution in [2.75, 3.05) is 12.9 Å². The smallest absolute Gasteiger partial charge is 0.257 e. The molecule has 52 heavy (non-hydrogen) atoms. The largest absolute Gasteiger partial charge is 0.496 e. The highest BCUT2D eigenvalue weighted by Gasteiger charge is 2.38. The van der Waals surface area contributed by atoms with Crippen LogP contribution in [0.1, 0.15) is 51.9 Å². The lowest BCUT2D eigenvalue weighted by atomic mass is 9.91. The summed E-state index contributed by atoms with van der Waals surface area (Å²) < 4.78 is 88.1. The summed E-state index contributed by atoms with van der Waals surface area (Å²) in [5.74, 6) is -11.2. The molecular formula is C40H34F5NO5S. The van der Waals surface area contributed by atoms with Gasteiger partial charge in [0, 0.05) is 28.7 Å². The van der Waals surface area contributed by atoms with Crippen LogP contribution in [0.3, 0.4) is 0 Å². The number of para-hydroxylation sites is 1. The van der Waals surface area contributed by atoms with Crippen LogP contribution in [0.15, 0.2) is 102 Å². The lowest BCUT2D eigenvalue weighted by Crippen LogP contribution is -2.38. The fraction of sp³-hybridized carbons (Fsp3) is 0.225. The Labute approximate surface area is 301 Å². The first-order valence-corrected chi connectivity index (χ1v) is 17.3. The zero-order valence-electron chi connectivity index (χ0n) is 28.0. The number of rotatable bonds is 11. The molecule has 0 aromatic heterocycles. The molecule has 1 saturated heterocycles. The molecule has 0 aliphatic carbocycles. The molecule has 12 heteroatoms. The second kappa shape index (κ2) is 16.3. The molecule has 1 aliphatic heterocycles. The molecule has 1 amide bonds. The number of hydrogen-bond donors (Lipinski definition) is 2. The second-order valence-electron chi connectivity index (χ2n) is 12.2. The Morgan fingerprint density at radius 2 is 1.40 bits per heavy atom. The summed E-state index contributed by atoms with van der Waals surface area (Å²) in [5, 5.41) is 11.8. The quantitative estimate of drug-likeness (QED) is 0.0611. The first kappa shape index (κ1) is 37.0. The van der Waals surface area contributed by atoms with Gasteiger partial charge in [-0.05, 0) is 39.9 Å². The van der Waals surface area contributed by atoms with Crippen LogP contribution in [0.4, 0.5) is 22.0 Å². The van der Waals surface area contributed by atoms with Gasteiger partial charge in [-0.1, -0.05) is 91.9 Å². The molecule has 1 fully saturated rings. The minimum Gasteiger partial charge on any atom is -0.496 e. The Morgan fingerprint density at radius 1 is 0.788 bits per heavy atom. The summed E-state index contributed by atoms with van der Waals surface area (Å²) in [6.45, 7) is 1.75. The molecule has 5 aromatic rings. The summed E-state index contributed by atoms with van der Waals surface area (Å²) in [6, 6.07) is 29.7. The number of halogens is 5. The fourth-order valence-electron chi connectivity index (χ4n) is 6.06. The number of amides is 1. The van der Waals surface area contributed by atoms with Crippen molar-refractivity contribution in [1.82, 2.24) is 5.32 Å². The number of benzene rings is 5. The number of carbonyl (C=O) groups excluding carboxylic acids is 1. The third kappa shape index (κ3) is 7.70. The summed E-state index contributed by atoms with van der Waals surface area (Å²) >= 11 is 1.63. The molecular weight excluding hydrogens is 701 g/mol. The topological polar surface area (TPSA) is 77.0 Å². The van der Waals surface area contributed by atoms with Gasteiger partial charge in [-0.25, -0.2) is 22.0 Å². The van der Waals surface area contributed by atoms with Crippen molar-refractivity contribution in [2.24, 2.45) is 5.92 Å². The maximum absolute atomic E-state index is 14.2. The van der Waals surface area contributed by atoms with Gasteiger partial charge >= 0.3 is 0 Å². The number of thioether (sulfide) groups is 1. The number of methoxy groups -OCH3 is 1. The van der Waals surface area contributed by atoms with Crippen LogP contribution >= 0.6 is 11.8 Å². The average Bonchev–Trinajstić information content (AvgIpc) is 3.18. The summed E-state index contributed by atoms with van der Waals surface area (Å²) in [7, 11) is 1.63. The molecule has 5 aromatic carbocycles. The molecule has 270 valence electrons. The van der Waals surface area contributed by atoms with Crippen LogP contribution in [-0.4, -0.2) is 30.0 Å². The molecule has 1 heterocycles. The van der Waals surface area contributed by atoms with Gasteiger partial charge < -0.3 is 24.6 Å². The number of ether oxygens (including phenoxy) is 3. The van der Waals surface area contributed by atoms with Gasteiger partial charge in [-0.3, -0.25) is 4.79 Å². The Kier molecular flexibility index (Phi) is 11.6. The third-order valence-corrected chi connectivity index (χ3v) is 10.1. The van der Waals surface area contributed by atoms with Crippen LogP contribution in [0, 0.1) is 35.0 Å². The van der Waals surface area contributed by atoms with Crippen molar-refractivity contribution in [2.45, 2.75) is 43.5 Å².